The van der Waals surface area contributed by atoms with Gasteiger partial charge in [0.2, 0.25) is 5.91 Å². The van der Waals surface area contributed by atoms with Crippen LogP contribution in [0.3, 0.4) is 0 Å². The van der Waals surface area contributed by atoms with Gasteiger partial charge < -0.3 is 23.9 Å². The van der Waals surface area contributed by atoms with Crippen LogP contribution >= 0.6 is 0 Å². The Balaban J connectivity index is 1.64. The predicted molar refractivity (Wildman–Crippen MR) is 122 cm³/mol. The van der Waals surface area contributed by atoms with Crippen LogP contribution in [-0.2, 0) is 16.1 Å². The fourth-order valence-corrected chi connectivity index (χ4v) is 5.09. The number of furan rings is 1. The summed E-state index contributed by atoms with van der Waals surface area (Å²) >= 11 is 0. The molecule has 7 nitrogen and oxygen atoms in total. The normalized spacial score (nSPS) is 25.6. The second-order valence-corrected chi connectivity index (χ2v) is 9.29. The number of carbonyl (C=O) groups excluding carboxylic acids is 2. The average molecular weight is 442 g/mol. The second kappa shape index (κ2) is 9.53. The quantitative estimate of drug-likeness (QED) is 0.626. The van der Waals surface area contributed by atoms with Gasteiger partial charge in [-0.3, -0.25) is 9.59 Å². The van der Waals surface area contributed by atoms with Crippen molar-refractivity contribution in [2.24, 2.45) is 5.92 Å². The average Bonchev–Trinajstić information content (AvgIpc) is 3.44. The van der Waals surface area contributed by atoms with Gasteiger partial charge in [-0.25, -0.2) is 0 Å². The highest BCUT2D eigenvalue weighted by atomic mass is 16.5. The molecule has 0 aromatic carbocycles. The molecule has 2 amide bonds. The van der Waals surface area contributed by atoms with Gasteiger partial charge in [-0.15, -0.1) is 0 Å². The van der Waals surface area contributed by atoms with Crippen molar-refractivity contribution in [1.82, 2.24) is 14.8 Å². The van der Waals surface area contributed by atoms with E-state index in [0.29, 0.717) is 50.1 Å². The number of hydrogen-bond acceptors (Lipinski definition) is 4. The summed E-state index contributed by atoms with van der Waals surface area (Å²) in [5.74, 6) is 0.936. The summed E-state index contributed by atoms with van der Waals surface area (Å²) in [6.07, 6.45) is 6.78. The number of aromatic nitrogens is 1. The number of fused-ring (bicyclic) bond motifs is 1. The molecule has 174 valence electrons. The molecule has 0 saturated heterocycles. The van der Waals surface area contributed by atoms with Gasteiger partial charge >= 0.3 is 0 Å². The highest BCUT2D eigenvalue weighted by molar-refractivity contribution is 6.00. The van der Waals surface area contributed by atoms with E-state index in [1.165, 1.54) is 6.42 Å². The minimum atomic E-state index is -0.992. The molecule has 0 radical (unpaired) electrons. The predicted octanol–water partition coefficient (Wildman–Crippen LogP) is 4.08. The molecule has 1 aliphatic carbocycles. The summed E-state index contributed by atoms with van der Waals surface area (Å²) in [5, 5.41) is 3.31. The Morgan fingerprint density at radius 3 is 2.75 bits per heavy atom. The lowest BCUT2D eigenvalue weighted by atomic mass is 9.85. The highest BCUT2D eigenvalue weighted by Gasteiger charge is 2.48. The zero-order valence-electron chi connectivity index (χ0n) is 19.4. The van der Waals surface area contributed by atoms with Crippen LogP contribution in [0.15, 0.2) is 34.9 Å². The van der Waals surface area contributed by atoms with Crippen molar-refractivity contribution in [3.63, 3.8) is 0 Å². The third kappa shape index (κ3) is 4.22. The van der Waals surface area contributed by atoms with Crippen LogP contribution in [0.25, 0.3) is 11.5 Å². The molecule has 3 atom stereocenters. The monoisotopic (exact) mass is 441 g/mol. The number of hydrogen-bond donors (Lipinski definition) is 1. The molecule has 7 heteroatoms. The van der Waals surface area contributed by atoms with Gasteiger partial charge in [0.25, 0.3) is 5.91 Å². The van der Waals surface area contributed by atoms with Gasteiger partial charge in [-0.05, 0) is 63.3 Å². The molecule has 1 fully saturated rings. The Bertz CT molecular complexity index is 935. The number of ether oxygens (including phenoxy) is 1. The van der Waals surface area contributed by atoms with Gasteiger partial charge in [0.15, 0.2) is 0 Å². The zero-order valence-corrected chi connectivity index (χ0v) is 19.4. The van der Waals surface area contributed by atoms with Crippen LogP contribution < -0.4 is 5.32 Å². The molecular formula is C25H35N3O4. The molecule has 4 rings (SSSR count). The fourth-order valence-electron chi connectivity index (χ4n) is 5.09. The van der Waals surface area contributed by atoms with Crippen molar-refractivity contribution in [3.8, 4) is 11.5 Å². The van der Waals surface area contributed by atoms with Gasteiger partial charge in [0.05, 0.1) is 18.5 Å². The maximum absolute atomic E-state index is 13.7. The molecule has 1 aliphatic heterocycles. The van der Waals surface area contributed by atoms with Crippen LogP contribution in [0.1, 0.15) is 63.4 Å². The maximum Gasteiger partial charge on any atom is 0.271 e. The summed E-state index contributed by atoms with van der Waals surface area (Å²) in [6.45, 7) is 8.12. The largest absolute Gasteiger partial charge is 0.463 e. The first-order valence-corrected chi connectivity index (χ1v) is 11.9. The van der Waals surface area contributed by atoms with E-state index < -0.39 is 5.54 Å². The third-order valence-electron chi connectivity index (χ3n) is 7.07. The SMILES string of the molecule is CCOCCCN1C(=O)c2ccc(-c3ccco3)n2C[C@]1(C)C(=O)N[C@@H]1CCCC[C@H]1C. The van der Waals surface area contributed by atoms with Gasteiger partial charge in [-0.1, -0.05) is 19.8 Å². The molecule has 1 N–H and O–H groups in total. The van der Waals surface area contributed by atoms with Crippen LogP contribution in [-0.4, -0.2) is 52.6 Å². The molecule has 0 unspecified atom stereocenters. The first kappa shape index (κ1) is 22.6. The first-order chi connectivity index (χ1) is 15.5. The van der Waals surface area contributed by atoms with E-state index in [-0.39, 0.29) is 17.9 Å². The number of amides is 2. The van der Waals surface area contributed by atoms with E-state index in [2.05, 4.69) is 12.2 Å². The molecular weight excluding hydrogens is 406 g/mol. The van der Waals surface area contributed by atoms with E-state index in [9.17, 15) is 9.59 Å². The van der Waals surface area contributed by atoms with E-state index >= 15 is 0 Å². The lowest BCUT2D eigenvalue weighted by molar-refractivity contribution is -0.134. The molecule has 2 aromatic heterocycles. The number of nitrogens with zero attached hydrogens (tertiary/aromatic N) is 2. The van der Waals surface area contributed by atoms with Crippen LogP contribution in [0.4, 0.5) is 0 Å². The third-order valence-corrected chi connectivity index (χ3v) is 7.07. The Morgan fingerprint density at radius 2 is 2.03 bits per heavy atom. The Hall–Kier alpha value is -2.54. The van der Waals surface area contributed by atoms with Crippen molar-refractivity contribution >= 4 is 11.8 Å². The molecule has 2 aromatic rings. The first-order valence-electron chi connectivity index (χ1n) is 11.9. The standard InChI is InChI=1S/C25H35N3O4/c1-4-31-15-8-14-28-23(29)21-13-12-20(22-11-7-16-32-22)27(21)17-25(28,3)24(30)26-19-10-6-5-9-18(19)2/h7,11-13,16,18-19H,4-6,8-10,14-15,17H2,1-3H3,(H,26,30)/t18-,19-,25-/m1/s1. The summed E-state index contributed by atoms with van der Waals surface area (Å²) in [5.41, 5.74) is 0.412. The van der Waals surface area contributed by atoms with Crippen molar-refractivity contribution in [1.29, 1.82) is 0 Å². The maximum atomic E-state index is 13.7. The van der Waals surface area contributed by atoms with Crippen molar-refractivity contribution in [2.45, 2.75) is 71.0 Å². The van der Waals surface area contributed by atoms with Crippen molar-refractivity contribution < 1.29 is 18.7 Å². The smallest absolute Gasteiger partial charge is 0.271 e. The molecule has 0 spiro atoms. The molecule has 3 heterocycles. The minimum absolute atomic E-state index is 0.0780. The summed E-state index contributed by atoms with van der Waals surface area (Å²) in [7, 11) is 0. The number of carbonyl (C=O) groups is 2. The van der Waals surface area contributed by atoms with Gasteiger partial charge in [0.1, 0.15) is 17.0 Å². The van der Waals surface area contributed by atoms with Gasteiger partial charge in [-0.2, -0.15) is 0 Å². The Morgan fingerprint density at radius 1 is 1.25 bits per heavy atom. The van der Waals surface area contributed by atoms with E-state index in [0.717, 1.165) is 25.0 Å². The lowest BCUT2D eigenvalue weighted by Crippen LogP contribution is -2.65. The molecule has 32 heavy (non-hydrogen) atoms. The van der Waals surface area contributed by atoms with Crippen molar-refractivity contribution in [2.75, 3.05) is 19.8 Å². The van der Waals surface area contributed by atoms with E-state index in [1.54, 1.807) is 11.2 Å². The second-order valence-electron chi connectivity index (χ2n) is 9.29. The fraction of sp³-hybridized carbons (Fsp3) is 0.600. The summed E-state index contributed by atoms with van der Waals surface area (Å²) in [6, 6.07) is 7.59. The van der Waals surface area contributed by atoms with Crippen LogP contribution in [0.5, 0.6) is 0 Å². The Labute approximate surface area is 190 Å². The summed E-state index contributed by atoms with van der Waals surface area (Å²) < 4.78 is 13.0. The number of rotatable bonds is 8. The lowest BCUT2D eigenvalue weighted by Gasteiger charge is -2.45. The molecule has 2 aliphatic rings. The van der Waals surface area contributed by atoms with E-state index in [1.807, 2.05) is 42.7 Å². The highest BCUT2D eigenvalue weighted by Crippen LogP contribution is 2.34. The minimum Gasteiger partial charge on any atom is -0.463 e. The number of nitrogens with one attached hydrogen (secondary N) is 1. The summed E-state index contributed by atoms with van der Waals surface area (Å²) in [4.78, 5) is 29.1. The molecule has 0 bridgehead atoms. The van der Waals surface area contributed by atoms with Crippen LogP contribution in [0.2, 0.25) is 0 Å². The molecule has 1 saturated carbocycles. The van der Waals surface area contributed by atoms with E-state index in [4.69, 9.17) is 9.15 Å². The van der Waals surface area contributed by atoms with Crippen LogP contribution in [0, 0.1) is 5.92 Å². The topological polar surface area (TPSA) is 76.7 Å². The van der Waals surface area contributed by atoms with Crippen molar-refractivity contribution in [3.05, 3.63) is 36.2 Å². The van der Waals surface area contributed by atoms with Gasteiger partial charge in [0, 0.05) is 25.8 Å². The zero-order chi connectivity index (χ0) is 22.7. The Kier molecular flexibility index (Phi) is 6.74.